The molecule has 1 heterocycles. The van der Waals surface area contributed by atoms with Crippen molar-refractivity contribution in [3.63, 3.8) is 0 Å². The maximum Gasteiger partial charge on any atom is 0.421 e. The SMILES string of the molecule is C=C(O)CN(C)NNc1ccc(Nc2ccc(N=Nc3n(C)cc[n+]3C)cc2)cc1. The van der Waals surface area contributed by atoms with E-state index in [1.807, 2.05) is 84.2 Å². The normalized spacial score (nSPS) is 11.2. The molecule has 2 aromatic carbocycles. The van der Waals surface area contributed by atoms with Gasteiger partial charge in [-0.1, -0.05) is 11.7 Å². The van der Waals surface area contributed by atoms with Gasteiger partial charge in [-0.05, 0) is 48.5 Å². The van der Waals surface area contributed by atoms with Crippen LogP contribution in [-0.2, 0) is 14.1 Å². The van der Waals surface area contributed by atoms with Gasteiger partial charge in [0.15, 0.2) is 0 Å². The molecule has 0 bridgehead atoms. The number of aryl methyl sites for hydroxylation is 2. The van der Waals surface area contributed by atoms with E-state index >= 15 is 0 Å². The van der Waals surface area contributed by atoms with Crippen LogP contribution < -0.4 is 20.8 Å². The van der Waals surface area contributed by atoms with Crippen molar-refractivity contribution in [2.45, 2.75) is 0 Å². The van der Waals surface area contributed by atoms with Crippen LogP contribution in [0.5, 0.6) is 0 Å². The summed E-state index contributed by atoms with van der Waals surface area (Å²) in [5, 5.41) is 22.8. The zero-order chi connectivity index (χ0) is 21.5. The lowest BCUT2D eigenvalue weighted by atomic mass is 10.2. The second-order valence-electron chi connectivity index (χ2n) is 6.93. The zero-order valence-electron chi connectivity index (χ0n) is 17.4. The van der Waals surface area contributed by atoms with Gasteiger partial charge in [0.05, 0.1) is 38.7 Å². The summed E-state index contributed by atoms with van der Waals surface area (Å²) < 4.78 is 3.82. The molecule has 0 spiro atoms. The van der Waals surface area contributed by atoms with Crippen LogP contribution in [0.15, 0.2) is 83.5 Å². The molecule has 0 saturated heterocycles. The number of hydrogen-bond donors (Lipinski definition) is 4. The monoisotopic (exact) mass is 407 g/mol. The maximum absolute atomic E-state index is 9.18. The highest BCUT2D eigenvalue weighted by molar-refractivity contribution is 5.63. The molecule has 0 aliphatic heterocycles. The van der Waals surface area contributed by atoms with Crippen LogP contribution in [0.4, 0.5) is 28.7 Å². The summed E-state index contributed by atoms with van der Waals surface area (Å²) in [5.74, 6) is 0.862. The molecule has 9 nitrogen and oxygen atoms in total. The summed E-state index contributed by atoms with van der Waals surface area (Å²) >= 11 is 0. The van der Waals surface area contributed by atoms with Crippen LogP contribution >= 0.6 is 0 Å². The summed E-state index contributed by atoms with van der Waals surface area (Å²) in [6.07, 6.45) is 3.87. The average molecular weight is 408 g/mol. The number of nitrogens with one attached hydrogen (secondary N) is 3. The van der Waals surface area contributed by atoms with Crippen LogP contribution in [0.3, 0.4) is 0 Å². The topological polar surface area (TPSA) is 93.1 Å². The predicted molar refractivity (Wildman–Crippen MR) is 118 cm³/mol. The Morgan fingerprint density at radius 1 is 1.07 bits per heavy atom. The molecule has 0 fully saturated rings. The number of imidazole rings is 1. The Hall–Kier alpha value is -3.69. The fourth-order valence-corrected chi connectivity index (χ4v) is 2.71. The number of rotatable bonds is 9. The lowest BCUT2D eigenvalue weighted by molar-refractivity contribution is -0.657. The van der Waals surface area contributed by atoms with E-state index in [0.717, 1.165) is 28.7 Å². The smallest absolute Gasteiger partial charge is 0.421 e. The first-order valence-corrected chi connectivity index (χ1v) is 9.40. The van der Waals surface area contributed by atoms with Gasteiger partial charge in [-0.2, -0.15) is 5.53 Å². The van der Waals surface area contributed by atoms with Crippen LogP contribution in [0.1, 0.15) is 0 Å². The highest BCUT2D eigenvalue weighted by Gasteiger charge is 2.10. The highest BCUT2D eigenvalue weighted by Crippen LogP contribution is 2.22. The van der Waals surface area contributed by atoms with Gasteiger partial charge in [0.1, 0.15) is 11.4 Å². The van der Waals surface area contributed by atoms with Gasteiger partial charge >= 0.3 is 5.95 Å². The molecule has 1 aromatic heterocycles. The Bertz CT molecular complexity index is 989. The second-order valence-corrected chi connectivity index (χ2v) is 6.93. The summed E-state index contributed by atoms with van der Waals surface area (Å²) in [4.78, 5) is 0. The third-order valence-corrected chi connectivity index (χ3v) is 4.25. The van der Waals surface area contributed by atoms with Gasteiger partial charge in [-0.25, -0.2) is 14.1 Å². The molecule has 9 heteroatoms. The van der Waals surface area contributed by atoms with Gasteiger partial charge in [0.2, 0.25) is 0 Å². The van der Waals surface area contributed by atoms with E-state index in [0.29, 0.717) is 6.54 Å². The van der Waals surface area contributed by atoms with Crippen molar-refractivity contribution in [1.29, 1.82) is 0 Å². The molecule has 3 rings (SSSR count). The molecular weight excluding hydrogens is 380 g/mol. The number of likely N-dealkylation sites (N-methyl/N-ethyl adjacent to an activating group) is 1. The Kier molecular flexibility index (Phi) is 6.79. The Balaban J connectivity index is 1.54. The molecule has 4 N–H and O–H groups in total. The number of hydrazine groups is 2. The second kappa shape index (κ2) is 9.68. The number of benzene rings is 2. The average Bonchev–Trinajstić information content (AvgIpc) is 3.04. The van der Waals surface area contributed by atoms with Crippen molar-refractivity contribution >= 4 is 28.7 Å². The zero-order valence-corrected chi connectivity index (χ0v) is 17.4. The Morgan fingerprint density at radius 3 is 2.23 bits per heavy atom. The van der Waals surface area contributed by atoms with E-state index in [4.69, 9.17) is 0 Å². The number of nitrogens with zero attached hydrogens (tertiary/aromatic N) is 5. The predicted octanol–water partition coefficient (Wildman–Crippen LogP) is 3.84. The largest absolute Gasteiger partial charge is 0.512 e. The lowest BCUT2D eigenvalue weighted by Crippen LogP contribution is -2.39. The summed E-state index contributed by atoms with van der Waals surface area (Å²) in [6, 6.07) is 15.6. The van der Waals surface area contributed by atoms with Gasteiger partial charge in [-0.3, -0.25) is 0 Å². The number of aromatic nitrogens is 2. The molecule has 0 atom stereocenters. The first-order chi connectivity index (χ1) is 14.4. The minimum atomic E-state index is 0.0906. The molecule has 0 aliphatic rings. The Labute approximate surface area is 175 Å². The van der Waals surface area contributed by atoms with Gasteiger partial charge in [0, 0.05) is 23.5 Å². The molecule has 0 aliphatic carbocycles. The summed E-state index contributed by atoms with van der Waals surface area (Å²) in [6.45, 7) is 3.79. The highest BCUT2D eigenvalue weighted by atomic mass is 16.3. The van der Waals surface area contributed by atoms with Gasteiger partial charge in [-0.15, -0.1) is 0 Å². The van der Waals surface area contributed by atoms with Gasteiger partial charge in [0.25, 0.3) is 0 Å². The number of anilines is 3. The van der Waals surface area contributed by atoms with E-state index in [1.165, 1.54) is 0 Å². The molecule has 30 heavy (non-hydrogen) atoms. The molecule has 3 aromatic rings. The van der Waals surface area contributed by atoms with E-state index in [2.05, 4.69) is 33.1 Å². The van der Waals surface area contributed by atoms with Gasteiger partial charge < -0.3 is 15.8 Å². The number of hydrogen-bond acceptors (Lipinski definition) is 7. The van der Waals surface area contributed by atoms with Crippen LogP contribution in [0, 0.1) is 0 Å². The minimum absolute atomic E-state index is 0.0906. The fourth-order valence-electron chi connectivity index (χ4n) is 2.71. The minimum Gasteiger partial charge on any atom is -0.512 e. The van der Waals surface area contributed by atoms with Crippen molar-refractivity contribution in [2.24, 2.45) is 24.3 Å². The van der Waals surface area contributed by atoms with Crippen molar-refractivity contribution in [3.8, 4) is 0 Å². The Morgan fingerprint density at radius 2 is 1.67 bits per heavy atom. The summed E-state index contributed by atoms with van der Waals surface area (Å²) in [7, 11) is 5.67. The fraction of sp³-hybridized carbons (Fsp3) is 0.190. The molecule has 0 radical (unpaired) electrons. The van der Waals surface area contributed by atoms with E-state index < -0.39 is 0 Å². The van der Waals surface area contributed by atoms with Crippen molar-refractivity contribution < 1.29 is 9.67 Å². The maximum atomic E-state index is 9.18. The quantitative estimate of drug-likeness (QED) is 0.187. The first kappa shape index (κ1) is 21.0. The summed E-state index contributed by atoms with van der Waals surface area (Å²) in [5.41, 5.74) is 9.59. The van der Waals surface area contributed by atoms with Crippen molar-refractivity contribution in [2.75, 3.05) is 24.3 Å². The third-order valence-electron chi connectivity index (χ3n) is 4.25. The van der Waals surface area contributed by atoms with Crippen molar-refractivity contribution in [3.05, 3.63) is 73.3 Å². The molecular formula is C21H27N8O+. The molecule has 0 saturated carbocycles. The third kappa shape index (κ3) is 5.90. The van der Waals surface area contributed by atoms with Crippen LogP contribution in [0.2, 0.25) is 0 Å². The molecule has 0 unspecified atom stereocenters. The van der Waals surface area contributed by atoms with Crippen LogP contribution in [-0.4, -0.2) is 28.3 Å². The molecule has 156 valence electrons. The molecule has 0 amide bonds. The van der Waals surface area contributed by atoms with Crippen LogP contribution in [0.25, 0.3) is 0 Å². The van der Waals surface area contributed by atoms with Crippen molar-refractivity contribution in [1.82, 2.24) is 15.1 Å². The number of aliphatic hydroxyl groups excluding tert-OH is 1. The first-order valence-electron chi connectivity index (χ1n) is 9.40. The number of azo groups is 1. The van der Waals surface area contributed by atoms with E-state index in [-0.39, 0.29) is 5.76 Å². The lowest BCUT2D eigenvalue weighted by Gasteiger charge is -2.18. The van der Waals surface area contributed by atoms with E-state index in [1.54, 1.807) is 12.1 Å². The van der Waals surface area contributed by atoms with E-state index in [9.17, 15) is 5.11 Å². The standard InChI is InChI=1S/C21H26N8O/c1-16(30)15-29(4)26-24-20-11-7-18(8-12-20)22-17-5-9-19(10-6-17)23-25-21-27(2)13-14-28(21)3/h5-14H,1,15H2,2-4H3,(H3,22,23,24,26,30)/p+1. The number of aliphatic hydroxyl groups is 1.